The molecular weight excluding hydrogens is 308 g/mol. The molecule has 120 valence electrons. The molecule has 1 aromatic carbocycles. The SMILES string of the molecule is CO[C@H]1C[C@@H](CO)N(c2nc3ccc(S(N)(=O)=O)cc3[nH]2)C1. The third-order valence-electron chi connectivity index (χ3n) is 3.96. The quantitative estimate of drug-likeness (QED) is 0.715. The molecule has 0 saturated carbocycles. The molecule has 1 aromatic heterocycles. The van der Waals surface area contributed by atoms with Crippen LogP contribution in [-0.4, -0.2) is 55.9 Å². The summed E-state index contributed by atoms with van der Waals surface area (Å²) in [4.78, 5) is 9.51. The average Bonchev–Trinajstić information content (AvgIpc) is 3.08. The van der Waals surface area contributed by atoms with Gasteiger partial charge in [-0.15, -0.1) is 0 Å². The molecule has 0 radical (unpaired) electrons. The van der Waals surface area contributed by atoms with Crippen LogP contribution in [-0.2, 0) is 14.8 Å². The summed E-state index contributed by atoms with van der Waals surface area (Å²) < 4.78 is 28.1. The highest BCUT2D eigenvalue weighted by atomic mass is 32.2. The number of sulfonamides is 1. The Morgan fingerprint density at radius 1 is 1.55 bits per heavy atom. The van der Waals surface area contributed by atoms with Crippen LogP contribution < -0.4 is 10.0 Å². The number of ether oxygens (including phenoxy) is 1. The van der Waals surface area contributed by atoms with Gasteiger partial charge >= 0.3 is 0 Å². The summed E-state index contributed by atoms with van der Waals surface area (Å²) in [6.45, 7) is 0.614. The van der Waals surface area contributed by atoms with Crippen LogP contribution in [0.3, 0.4) is 0 Å². The van der Waals surface area contributed by atoms with Gasteiger partial charge in [0.25, 0.3) is 0 Å². The predicted octanol–water partition coefficient (Wildman–Crippen LogP) is -0.204. The van der Waals surface area contributed by atoms with E-state index >= 15 is 0 Å². The second-order valence-corrected chi connectivity index (χ2v) is 6.93. The number of rotatable bonds is 4. The van der Waals surface area contributed by atoms with Crippen molar-refractivity contribution in [2.24, 2.45) is 5.14 Å². The number of hydrogen-bond acceptors (Lipinski definition) is 6. The highest BCUT2D eigenvalue weighted by Gasteiger charge is 2.33. The minimum Gasteiger partial charge on any atom is -0.394 e. The first-order valence-electron chi connectivity index (χ1n) is 6.85. The monoisotopic (exact) mass is 326 g/mol. The van der Waals surface area contributed by atoms with Gasteiger partial charge in [-0.25, -0.2) is 18.5 Å². The summed E-state index contributed by atoms with van der Waals surface area (Å²) in [5.74, 6) is 0.583. The van der Waals surface area contributed by atoms with Crippen molar-refractivity contribution >= 4 is 27.0 Å². The van der Waals surface area contributed by atoms with Crippen molar-refractivity contribution in [2.75, 3.05) is 25.2 Å². The Labute approximate surface area is 127 Å². The molecule has 9 heteroatoms. The summed E-state index contributed by atoms with van der Waals surface area (Å²) in [7, 11) is -2.12. The smallest absolute Gasteiger partial charge is 0.238 e. The van der Waals surface area contributed by atoms with E-state index < -0.39 is 10.0 Å². The van der Waals surface area contributed by atoms with Crippen LogP contribution in [0, 0.1) is 0 Å². The number of hydrogen-bond donors (Lipinski definition) is 3. The second kappa shape index (κ2) is 5.51. The van der Waals surface area contributed by atoms with Crippen molar-refractivity contribution in [3.63, 3.8) is 0 Å². The fourth-order valence-electron chi connectivity index (χ4n) is 2.77. The minimum absolute atomic E-state index is 0.000660. The van der Waals surface area contributed by atoms with Crippen molar-refractivity contribution in [2.45, 2.75) is 23.5 Å². The molecule has 22 heavy (non-hydrogen) atoms. The number of nitrogens with two attached hydrogens (primary N) is 1. The fourth-order valence-corrected chi connectivity index (χ4v) is 3.31. The van der Waals surface area contributed by atoms with Crippen LogP contribution >= 0.6 is 0 Å². The van der Waals surface area contributed by atoms with Crippen LogP contribution in [0.15, 0.2) is 23.1 Å². The number of aromatic nitrogens is 2. The Bertz CT molecular complexity index is 788. The van der Waals surface area contributed by atoms with E-state index in [0.717, 1.165) is 0 Å². The second-order valence-electron chi connectivity index (χ2n) is 5.37. The first kappa shape index (κ1) is 15.2. The molecule has 1 aliphatic heterocycles. The molecule has 2 atom stereocenters. The Morgan fingerprint density at radius 2 is 2.32 bits per heavy atom. The number of aliphatic hydroxyl groups is 1. The highest BCUT2D eigenvalue weighted by molar-refractivity contribution is 7.89. The maximum Gasteiger partial charge on any atom is 0.238 e. The van der Waals surface area contributed by atoms with E-state index in [2.05, 4.69) is 9.97 Å². The van der Waals surface area contributed by atoms with Crippen molar-refractivity contribution in [3.05, 3.63) is 18.2 Å². The number of benzene rings is 1. The van der Waals surface area contributed by atoms with E-state index in [1.54, 1.807) is 13.2 Å². The molecule has 0 aliphatic carbocycles. The molecule has 0 amide bonds. The Balaban J connectivity index is 1.98. The van der Waals surface area contributed by atoms with Gasteiger partial charge in [0.15, 0.2) is 0 Å². The number of imidazole rings is 1. The topological polar surface area (TPSA) is 122 Å². The number of nitrogens with one attached hydrogen (secondary N) is 1. The summed E-state index contributed by atoms with van der Waals surface area (Å²) in [6.07, 6.45) is 0.747. The molecule has 2 aromatic rings. The number of H-pyrrole nitrogens is 1. The first-order valence-corrected chi connectivity index (χ1v) is 8.40. The lowest BCUT2D eigenvalue weighted by Crippen LogP contribution is -2.33. The minimum atomic E-state index is -3.75. The summed E-state index contributed by atoms with van der Waals surface area (Å²) in [5, 5.41) is 14.6. The van der Waals surface area contributed by atoms with E-state index in [1.165, 1.54) is 12.1 Å². The molecule has 1 aliphatic rings. The van der Waals surface area contributed by atoms with Gasteiger partial charge in [0.1, 0.15) is 0 Å². The van der Waals surface area contributed by atoms with Gasteiger partial charge in [-0.05, 0) is 24.6 Å². The van der Waals surface area contributed by atoms with Crippen LogP contribution in [0.2, 0.25) is 0 Å². The largest absolute Gasteiger partial charge is 0.394 e. The van der Waals surface area contributed by atoms with E-state index in [-0.39, 0.29) is 23.6 Å². The Morgan fingerprint density at radius 3 is 2.95 bits per heavy atom. The van der Waals surface area contributed by atoms with E-state index in [4.69, 9.17) is 9.88 Å². The summed E-state index contributed by atoms with van der Waals surface area (Å²) in [5.41, 5.74) is 1.22. The molecule has 3 rings (SSSR count). The third kappa shape index (κ3) is 2.68. The highest BCUT2D eigenvalue weighted by Crippen LogP contribution is 2.27. The number of anilines is 1. The molecule has 8 nitrogen and oxygen atoms in total. The zero-order valence-electron chi connectivity index (χ0n) is 12.1. The average molecular weight is 326 g/mol. The van der Waals surface area contributed by atoms with Crippen LogP contribution in [0.1, 0.15) is 6.42 Å². The van der Waals surface area contributed by atoms with Gasteiger partial charge in [0.05, 0.1) is 34.7 Å². The van der Waals surface area contributed by atoms with Gasteiger partial charge in [0, 0.05) is 13.7 Å². The number of methoxy groups -OCH3 is 1. The van der Waals surface area contributed by atoms with Crippen molar-refractivity contribution in [3.8, 4) is 0 Å². The van der Waals surface area contributed by atoms with Crippen molar-refractivity contribution in [1.29, 1.82) is 0 Å². The molecule has 4 N–H and O–H groups in total. The molecule has 0 bridgehead atoms. The van der Waals surface area contributed by atoms with Crippen molar-refractivity contribution < 1.29 is 18.3 Å². The number of fused-ring (bicyclic) bond motifs is 1. The lowest BCUT2D eigenvalue weighted by Gasteiger charge is -2.21. The van der Waals surface area contributed by atoms with Crippen LogP contribution in [0.4, 0.5) is 5.95 Å². The predicted molar refractivity (Wildman–Crippen MR) is 81.1 cm³/mol. The standard InChI is InChI=1S/C13H18N4O4S/c1-21-9-4-8(7-18)17(6-9)13-15-11-3-2-10(22(14,19)20)5-12(11)16-13/h2-3,5,8-9,18H,4,6-7H2,1H3,(H,15,16)(H2,14,19,20)/t8-,9-/m0/s1. The van der Waals surface area contributed by atoms with E-state index in [1.807, 2.05) is 4.90 Å². The van der Waals surface area contributed by atoms with Crippen molar-refractivity contribution in [1.82, 2.24) is 9.97 Å². The first-order chi connectivity index (χ1) is 10.4. The van der Waals surface area contributed by atoms with E-state index in [9.17, 15) is 13.5 Å². The molecule has 2 heterocycles. The molecular formula is C13H18N4O4S. The lowest BCUT2D eigenvalue weighted by atomic mass is 10.2. The van der Waals surface area contributed by atoms with Crippen LogP contribution in [0.25, 0.3) is 11.0 Å². The fraction of sp³-hybridized carbons (Fsp3) is 0.462. The molecule has 0 spiro atoms. The zero-order chi connectivity index (χ0) is 15.9. The van der Waals surface area contributed by atoms with Gasteiger partial charge in [-0.2, -0.15) is 0 Å². The Hall–Kier alpha value is -1.68. The Kier molecular flexibility index (Phi) is 3.81. The molecule has 0 unspecified atom stereocenters. The normalized spacial score (nSPS) is 22.6. The molecule has 1 fully saturated rings. The third-order valence-corrected chi connectivity index (χ3v) is 4.87. The van der Waals surface area contributed by atoms with Gasteiger partial charge in [0.2, 0.25) is 16.0 Å². The lowest BCUT2D eigenvalue weighted by molar-refractivity contribution is 0.115. The zero-order valence-corrected chi connectivity index (χ0v) is 12.9. The van der Waals surface area contributed by atoms with E-state index in [0.29, 0.717) is 29.9 Å². The number of nitrogens with zero attached hydrogens (tertiary/aromatic N) is 2. The van der Waals surface area contributed by atoms with Crippen LogP contribution in [0.5, 0.6) is 0 Å². The maximum atomic E-state index is 11.4. The van der Waals surface area contributed by atoms with Gasteiger partial charge in [-0.1, -0.05) is 0 Å². The summed E-state index contributed by atoms with van der Waals surface area (Å²) in [6, 6.07) is 4.41. The van der Waals surface area contributed by atoms with Gasteiger partial charge in [-0.3, -0.25) is 0 Å². The summed E-state index contributed by atoms with van der Waals surface area (Å²) >= 11 is 0. The number of primary sulfonamides is 1. The maximum absolute atomic E-state index is 11.4. The molecule has 1 saturated heterocycles. The number of aromatic amines is 1. The van der Waals surface area contributed by atoms with Gasteiger partial charge < -0.3 is 19.7 Å². The number of aliphatic hydroxyl groups excluding tert-OH is 1.